The van der Waals surface area contributed by atoms with E-state index in [9.17, 15) is 18.0 Å². The van der Waals surface area contributed by atoms with Gasteiger partial charge in [-0.1, -0.05) is 23.7 Å². The third-order valence-corrected chi connectivity index (χ3v) is 5.14. The number of para-hydroxylation sites is 1. The Morgan fingerprint density at radius 2 is 1.68 bits per heavy atom. The number of carbonyl (C=O) groups is 1. The summed E-state index contributed by atoms with van der Waals surface area (Å²) in [4.78, 5) is 13.0. The standard InChI is InChI=1S/C22H20ClF3N2O3/c1-12-9-14(13(2)28(12)18-8-6-5-7-15(18)22(24,25)26)21(29)27-17-10-16(23)19(30-3)11-20(17)31-4/h5-11H,1-4H3,(H,27,29). The lowest BCUT2D eigenvalue weighted by molar-refractivity contribution is -0.137. The van der Waals surface area contributed by atoms with Crippen molar-refractivity contribution in [3.8, 4) is 17.2 Å². The minimum atomic E-state index is -4.53. The number of alkyl halides is 3. The molecule has 164 valence electrons. The molecule has 3 aromatic rings. The smallest absolute Gasteiger partial charge is 0.418 e. The molecule has 1 aromatic heterocycles. The lowest BCUT2D eigenvalue weighted by Crippen LogP contribution is -2.15. The number of halogens is 4. The van der Waals surface area contributed by atoms with Gasteiger partial charge in [-0.15, -0.1) is 0 Å². The van der Waals surface area contributed by atoms with Crippen molar-refractivity contribution in [2.24, 2.45) is 0 Å². The number of nitrogens with one attached hydrogen (secondary N) is 1. The first-order valence-electron chi connectivity index (χ1n) is 9.17. The average Bonchev–Trinajstić information content (AvgIpc) is 3.01. The second-order valence-corrected chi connectivity index (χ2v) is 7.18. The van der Waals surface area contributed by atoms with Crippen molar-refractivity contribution >= 4 is 23.2 Å². The lowest BCUT2D eigenvalue weighted by atomic mass is 10.1. The minimum Gasteiger partial charge on any atom is -0.495 e. The van der Waals surface area contributed by atoms with Crippen LogP contribution in [0.2, 0.25) is 5.02 Å². The maximum absolute atomic E-state index is 13.5. The molecule has 1 heterocycles. The highest BCUT2D eigenvalue weighted by Crippen LogP contribution is 2.37. The molecule has 0 unspecified atom stereocenters. The van der Waals surface area contributed by atoms with Crippen LogP contribution in [0.25, 0.3) is 5.69 Å². The van der Waals surface area contributed by atoms with Crippen LogP contribution < -0.4 is 14.8 Å². The predicted molar refractivity (Wildman–Crippen MR) is 113 cm³/mol. The number of hydrogen-bond donors (Lipinski definition) is 1. The Hall–Kier alpha value is -3.13. The molecule has 0 atom stereocenters. The number of carbonyl (C=O) groups excluding carboxylic acids is 1. The molecule has 1 amide bonds. The van der Waals surface area contributed by atoms with E-state index in [0.717, 1.165) is 6.07 Å². The summed E-state index contributed by atoms with van der Waals surface area (Å²) in [6.07, 6.45) is -4.53. The van der Waals surface area contributed by atoms with Gasteiger partial charge in [0.25, 0.3) is 5.91 Å². The van der Waals surface area contributed by atoms with Crippen molar-refractivity contribution < 1.29 is 27.4 Å². The molecule has 3 rings (SSSR count). The summed E-state index contributed by atoms with van der Waals surface area (Å²) >= 11 is 6.15. The number of amides is 1. The molecule has 0 aliphatic heterocycles. The van der Waals surface area contributed by atoms with Crippen molar-refractivity contribution in [3.05, 3.63) is 70.0 Å². The fourth-order valence-electron chi connectivity index (χ4n) is 3.42. The first kappa shape index (κ1) is 22.6. The number of methoxy groups -OCH3 is 2. The largest absolute Gasteiger partial charge is 0.495 e. The van der Waals surface area contributed by atoms with Crippen LogP contribution in [-0.4, -0.2) is 24.7 Å². The van der Waals surface area contributed by atoms with E-state index in [1.807, 2.05) is 0 Å². The normalized spacial score (nSPS) is 11.4. The third kappa shape index (κ3) is 4.34. The second-order valence-electron chi connectivity index (χ2n) is 6.78. The van der Waals surface area contributed by atoms with Crippen LogP contribution in [-0.2, 0) is 6.18 Å². The molecule has 1 N–H and O–H groups in total. The predicted octanol–water partition coefficient (Wildman–Crippen LogP) is 6.04. The van der Waals surface area contributed by atoms with Crippen LogP contribution in [0.3, 0.4) is 0 Å². The zero-order valence-corrected chi connectivity index (χ0v) is 18.0. The Labute approximate surface area is 182 Å². The summed E-state index contributed by atoms with van der Waals surface area (Å²) in [7, 11) is 2.88. The number of aryl methyl sites for hydroxylation is 1. The fourth-order valence-corrected chi connectivity index (χ4v) is 3.66. The van der Waals surface area contributed by atoms with Gasteiger partial charge in [0.2, 0.25) is 0 Å². The quantitative estimate of drug-likeness (QED) is 0.513. The first-order valence-corrected chi connectivity index (χ1v) is 9.54. The molecule has 31 heavy (non-hydrogen) atoms. The molecular weight excluding hydrogens is 433 g/mol. The van der Waals surface area contributed by atoms with Crippen LogP contribution in [0.1, 0.15) is 27.3 Å². The van der Waals surface area contributed by atoms with Gasteiger partial charge in [-0.2, -0.15) is 13.2 Å². The van der Waals surface area contributed by atoms with Gasteiger partial charge in [-0.3, -0.25) is 4.79 Å². The molecule has 0 saturated carbocycles. The van der Waals surface area contributed by atoms with Gasteiger partial charge in [0.1, 0.15) is 11.5 Å². The molecular formula is C22H20ClF3N2O3. The molecule has 0 radical (unpaired) electrons. The number of anilines is 1. The number of rotatable bonds is 5. The Morgan fingerprint density at radius 1 is 1.03 bits per heavy atom. The number of ether oxygens (including phenoxy) is 2. The molecule has 0 spiro atoms. The number of benzene rings is 2. The topological polar surface area (TPSA) is 52.5 Å². The molecule has 0 fully saturated rings. The Kier molecular flexibility index (Phi) is 6.22. The number of nitrogens with zero attached hydrogens (tertiary/aromatic N) is 1. The first-order chi connectivity index (χ1) is 14.6. The summed E-state index contributed by atoms with van der Waals surface area (Å²) in [6, 6.07) is 9.78. The molecule has 0 aliphatic carbocycles. The van der Waals surface area contributed by atoms with Gasteiger partial charge in [0.05, 0.1) is 41.7 Å². The second kappa shape index (κ2) is 8.55. The van der Waals surface area contributed by atoms with Crippen LogP contribution in [0.4, 0.5) is 18.9 Å². The van der Waals surface area contributed by atoms with Crippen LogP contribution >= 0.6 is 11.6 Å². The summed E-state index contributed by atoms with van der Waals surface area (Å²) in [5.74, 6) is 0.188. The Bertz CT molecular complexity index is 1140. The zero-order chi connectivity index (χ0) is 22.9. The van der Waals surface area contributed by atoms with E-state index < -0.39 is 17.6 Å². The summed E-state index contributed by atoms with van der Waals surface area (Å²) in [5, 5.41) is 2.97. The molecule has 0 aliphatic rings. The Balaban J connectivity index is 2.03. The van der Waals surface area contributed by atoms with Crippen molar-refractivity contribution in [1.82, 2.24) is 4.57 Å². The SMILES string of the molecule is COc1cc(OC)c(NC(=O)c2cc(C)n(-c3ccccc3C(F)(F)F)c2C)cc1Cl. The highest BCUT2D eigenvalue weighted by molar-refractivity contribution is 6.32. The lowest BCUT2D eigenvalue weighted by Gasteiger charge is -2.17. The molecule has 5 nitrogen and oxygen atoms in total. The van der Waals surface area contributed by atoms with E-state index in [1.54, 1.807) is 13.8 Å². The Morgan fingerprint density at radius 3 is 2.29 bits per heavy atom. The fraction of sp³-hybridized carbons (Fsp3) is 0.227. The number of aromatic nitrogens is 1. The molecule has 0 saturated heterocycles. The van der Waals surface area contributed by atoms with E-state index in [2.05, 4.69) is 5.32 Å². The van der Waals surface area contributed by atoms with Crippen LogP contribution in [0, 0.1) is 13.8 Å². The van der Waals surface area contributed by atoms with Gasteiger partial charge >= 0.3 is 6.18 Å². The van der Waals surface area contributed by atoms with Gasteiger partial charge < -0.3 is 19.4 Å². The summed E-state index contributed by atoms with van der Waals surface area (Å²) < 4.78 is 52.3. The van der Waals surface area contributed by atoms with Crippen molar-refractivity contribution in [2.45, 2.75) is 20.0 Å². The van der Waals surface area contributed by atoms with E-state index in [0.29, 0.717) is 28.6 Å². The molecule has 9 heteroatoms. The van der Waals surface area contributed by atoms with Crippen molar-refractivity contribution in [3.63, 3.8) is 0 Å². The van der Waals surface area contributed by atoms with E-state index in [-0.39, 0.29) is 16.3 Å². The van der Waals surface area contributed by atoms with Gasteiger partial charge in [-0.05, 0) is 38.1 Å². The van der Waals surface area contributed by atoms with Crippen molar-refractivity contribution in [2.75, 3.05) is 19.5 Å². The molecule has 2 aromatic carbocycles. The van der Waals surface area contributed by atoms with Gasteiger partial charge in [-0.25, -0.2) is 0 Å². The highest BCUT2D eigenvalue weighted by atomic mass is 35.5. The van der Waals surface area contributed by atoms with Gasteiger partial charge in [0.15, 0.2) is 0 Å². The van der Waals surface area contributed by atoms with E-state index in [1.165, 1.54) is 55.2 Å². The average molecular weight is 453 g/mol. The monoisotopic (exact) mass is 452 g/mol. The zero-order valence-electron chi connectivity index (χ0n) is 17.2. The maximum Gasteiger partial charge on any atom is 0.418 e. The minimum absolute atomic E-state index is 0.0471. The number of hydrogen-bond acceptors (Lipinski definition) is 3. The van der Waals surface area contributed by atoms with Crippen LogP contribution in [0.5, 0.6) is 11.5 Å². The molecule has 0 bridgehead atoms. The summed E-state index contributed by atoms with van der Waals surface area (Å²) in [5.41, 5.74) is 0.549. The van der Waals surface area contributed by atoms with Gasteiger partial charge in [0, 0.05) is 17.5 Å². The third-order valence-electron chi connectivity index (χ3n) is 4.85. The van der Waals surface area contributed by atoms with E-state index in [4.69, 9.17) is 21.1 Å². The van der Waals surface area contributed by atoms with Crippen LogP contribution in [0.15, 0.2) is 42.5 Å². The summed E-state index contributed by atoms with van der Waals surface area (Å²) in [6.45, 7) is 3.23. The van der Waals surface area contributed by atoms with E-state index >= 15 is 0 Å². The highest BCUT2D eigenvalue weighted by Gasteiger charge is 2.34. The maximum atomic E-state index is 13.5. The van der Waals surface area contributed by atoms with Crippen molar-refractivity contribution in [1.29, 1.82) is 0 Å².